The van der Waals surface area contributed by atoms with E-state index >= 15 is 0 Å². The van der Waals surface area contributed by atoms with Crippen molar-refractivity contribution in [1.29, 1.82) is 0 Å². The highest BCUT2D eigenvalue weighted by atomic mass is 32.2. The van der Waals surface area contributed by atoms with Gasteiger partial charge in [-0.2, -0.15) is 11.8 Å². The molecule has 4 heteroatoms. The van der Waals surface area contributed by atoms with Gasteiger partial charge >= 0.3 is 0 Å². The van der Waals surface area contributed by atoms with E-state index < -0.39 is 12.1 Å². The average molecular weight is 151 g/mol. The molecule has 0 saturated carbocycles. The van der Waals surface area contributed by atoms with Gasteiger partial charge in [0.1, 0.15) is 0 Å². The first-order valence-corrected chi connectivity index (χ1v) is 4.15. The van der Waals surface area contributed by atoms with Crippen LogP contribution in [0, 0.1) is 0 Å². The molecule has 2 atom stereocenters. The molecule has 0 amide bonds. The van der Waals surface area contributed by atoms with E-state index in [1.807, 2.05) is 6.26 Å². The van der Waals surface area contributed by atoms with E-state index in [4.69, 9.17) is 15.9 Å². The number of hydrogen-bond donors (Lipinski definition) is 3. The smallest absolute Gasteiger partial charge is 0.0803 e. The fourth-order valence-electron chi connectivity index (χ4n) is 0.416. The van der Waals surface area contributed by atoms with Crippen molar-refractivity contribution in [3.05, 3.63) is 0 Å². The van der Waals surface area contributed by atoms with Gasteiger partial charge in [-0.3, -0.25) is 0 Å². The lowest BCUT2D eigenvalue weighted by Gasteiger charge is -2.14. The number of nitrogens with two attached hydrogens (primary N) is 1. The minimum absolute atomic E-state index is 0.151. The van der Waals surface area contributed by atoms with Crippen LogP contribution >= 0.6 is 11.8 Å². The molecule has 0 aromatic heterocycles. The second-order valence-corrected chi connectivity index (χ2v) is 2.78. The molecule has 0 aromatic carbocycles. The summed E-state index contributed by atoms with van der Waals surface area (Å²) in [5.74, 6) is 0.585. The molecule has 0 unspecified atom stereocenters. The summed E-state index contributed by atoms with van der Waals surface area (Å²) in [6, 6.07) is -0.488. The van der Waals surface area contributed by atoms with Crippen molar-refractivity contribution >= 4 is 11.8 Å². The van der Waals surface area contributed by atoms with Crippen molar-refractivity contribution in [2.24, 2.45) is 5.73 Å². The summed E-state index contributed by atoms with van der Waals surface area (Å²) in [5.41, 5.74) is 5.29. The summed E-state index contributed by atoms with van der Waals surface area (Å²) >= 11 is 1.51. The van der Waals surface area contributed by atoms with Gasteiger partial charge in [-0.15, -0.1) is 0 Å². The lowest BCUT2D eigenvalue weighted by atomic mass is 10.2. The Bertz CT molecular complexity index is 72.0. The molecule has 0 fully saturated rings. The first-order chi connectivity index (χ1) is 4.22. The monoisotopic (exact) mass is 151 g/mol. The third-order valence-electron chi connectivity index (χ3n) is 1.04. The highest BCUT2D eigenvalue weighted by molar-refractivity contribution is 7.98. The molecule has 0 rings (SSSR count). The quantitative estimate of drug-likeness (QED) is 0.483. The molecule has 0 aliphatic rings. The molecule has 0 aliphatic heterocycles. The third kappa shape index (κ3) is 3.75. The molecule has 0 aliphatic carbocycles. The maximum atomic E-state index is 9.01. The summed E-state index contributed by atoms with van der Waals surface area (Å²) in [6.07, 6.45) is 1.30. The fraction of sp³-hybridized carbons (Fsp3) is 1.00. The standard InChI is InChI=1S/C5H13NO2S/c1-9-3-5(8)4(6)2-7/h4-5,7-8H,2-3,6H2,1H3/t4-,5+/m1/s1. The maximum absolute atomic E-state index is 9.01. The molecular weight excluding hydrogens is 138 g/mol. The Morgan fingerprint density at radius 1 is 1.67 bits per heavy atom. The van der Waals surface area contributed by atoms with Crippen LogP contribution < -0.4 is 5.73 Å². The van der Waals surface area contributed by atoms with Crippen LogP contribution in [-0.4, -0.2) is 41.0 Å². The predicted molar refractivity (Wildman–Crippen MR) is 39.5 cm³/mol. The van der Waals surface area contributed by atoms with Crippen LogP contribution in [0.1, 0.15) is 0 Å². The van der Waals surface area contributed by atoms with Gasteiger partial charge in [-0.25, -0.2) is 0 Å². The van der Waals surface area contributed by atoms with Crippen LogP contribution in [-0.2, 0) is 0 Å². The molecular formula is C5H13NO2S. The molecule has 0 bridgehead atoms. The normalized spacial score (nSPS) is 17.3. The number of aliphatic hydroxyl groups is 2. The number of aliphatic hydroxyl groups excluding tert-OH is 2. The van der Waals surface area contributed by atoms with Crippen molar-refractivity contribution in [3.63, 3.8) is 0 Å². The molecule has 0 saturated heterocycles. The highest BCUT2D eigenvalue weighted by Gasteiger charge is 2.11. The second-order valence-electron chi connectivity index (χ2n) is 1.87. The number of rotatable bonds is 4. The lowest BCUT2D eigenvalue weighted by molar-refractivity contribution is 0.127. The van der Waals surface area contributed by atoms with Crippen LogP contribution in [0.4, 0.5) is 0 Å². The van der Waals surface area contributed by atoms with Crippen molar-refractivity contribution in [3.8, 4) is 0 Å². The molecule has 0 radical (unpaired) electrons. The summed E-state index contributed by atoms with van der Waals surface area (Å²) < 4.78 is 0. The van der Waals surface area contributed by atoms with Gasteiger partial charge in [0, 0.05) is 5.75 Å². The van der Waals surface area contributed by atoms with Gasteiger partial charge in [-0.1, -0.05) is 0 Å². The first-order valence-electron chi connectivity index (χ1n) is 2.75. The zero-order chi connectivity index (χ0) is 7.28. The molecule has 9 heavy (non-hydrogen) atoms. The van der Waals surface area contributed by atoms with Crippen molar-refractivity contribution in [2.75, 3.05) is 18.6 Å². The van der Waals surface area contributed by atoms with Crippen LogP contribution in [0.3, 0.4) is 0 Å². The Labute approximate surface area is 59.3 Å². The summed E-state index contributed by atoms with van der Waals surface area (Å²) in [5, 5.41) is 17.4. The summed E-state index contributed by atoms with van der Waals surface area (Å²) in [6.45, 7) is -0.151. The van der Waals surface area contributed by atoms with Gasteiger partial charge in [-0.05, 0) is 6.26 Å². The van der Waals surface area contributed by atoms with E-state index in [0.29, 0.717) is 5.75 Å². The van der Waals surface area contributed by atoms with Gasteiger partial charge in [0.2, 0.25) is 0 Å². The fourth-order valence-corrected chi connectivity index (χ4v) is 1.00. The molecule has 4 N–H and O–H groups in total. The predicted octanol–water partition coefficient (Wildman–Crippen LogP) is -0.970. The van der Waals surface area contributed by atoms with Crippen molar-refractivity contribution < 1.29 is 10.2 Å². The lowest BCUT2D eigenvalue weighted by Crippen LogP contribution is -2.39. The number of thioether (sulfide) groups is 1. The Balaban J connectivity index is 3.32. The molecule has 3 nitrogen and oxygen atoms in total. The van der Waals surface area contributed by atoms with Crippen LogP contribution in [0.2, 0.25) is 0 Å². The Morgan fingerprint density at radius 3 is 2.56 bits per heavy atom. The largest absolute Gasteiger partial charge is 0.395 e. The van der Waals surface area contributed by atoms with Crippen molar-refractivity contribution in [1.82, 2.24) is 0 Å². The molecule has 0 aromatic rings. The number of hydrogen-bond acceptors (Lipinski definition) is 4. The molecule has 56 valence electrons. The molecule has 0 heterocycles. The summed E-state index contributed by atoms with van der Waals surface area (Å²) in [4.78, 5) is 0. The third-order valence-corrected chi connectivity index (χ3v) is 1.72. The van der Waals surface area contributed by atoms with E-state index in [1.165, 1.54) is 11.8 Å². The topological polar surface area (TPSA) is 66.5 Å². The Kier molecular flexibility index (Phi) is 5.18. The van der Waals surface area contributed by atoms with Crippen molar-refractivity contribution in [2.45, 2.75) is 12.1 Å². The van der Waals surface area contributed by atoms with Gasteiger partial charge in [0.15, 0.2) is 0 Å². The van der Waals surface area contributed by atoms with E-state index in [-0.39, 0.29) is 6.61 Å². The minimum atomic E-state index is -0.579. The van der Waals surface area contributed by atoms with Crippen LogP contribution in [0.15, 0.2) is 0 Å². The SMILES string of the molecule is CSC[C@H](O)[C@H](N)CO. The Hall–Kier alpha value is 0.230. The van der Waals surface area contributed by atoms with Crippen LogP contribution in [0.25, 0.3) is 0 Å². The minimum Gasteiger partial charge on any atom is -0.395 e. The zero-order valence-electron chi connectivity index (χ0n) is 5.45. The zero-order valence-corrected chi connectivity index (χ0v) is 6.27. The van der Waals surface area contributed by atoms with E-state index in [1.54, 1.807) is 0 Å². The van der Waals surface area contributed by atoms with E-state index in [2.05, 4.69) is 0 Å². The summed E-state index contributed by atoms with van der Waals surface area (Å²) in [7, 11) is 0. The van der Waals surface area contributed by atoms with E-state index in [0.717, 1.165) is 0 Å². The Morgan fingerprint density at radius 2 is 2.22 bits per heavy atom. The first kappa shape index (κ1) is 9.23. The van der Waals surface area contributed by atoms with Gasteiger partial charge < -0.3 is 15.9 Å². The van der Waals surface area contributed by atoms with Gasteiger partial charge in [0.05, 0.1) is 18.8 Å². The van der Waals surface area contributed by atoms with Gasteiger partial charge in [0.25, 0.3) is 0 Å². The second kappa shape index (κ2) is 5.05. The molecule has 0 spiro atoms. The van der Waals surface area contributed by atoms with E-state index in [9.17, 15) is 0 Å². The average Bonchev–Trinajstić information content (AvgIpc) is 1.87. The maximum Gasteiger partial charge on any atom is 0.0803 e. The highest BCUT2D eigenvalue weighted by Crippen LogP contribution is 1.98. The van der Waals surface area contributed by atoms with Crippen LogP contribution in [0.5, 0.6) is 0 Å².